The predicted octanol–water partition coefficient (Wildman–Crippen LogP) is 3.73. The number of unbranched alkanes of at least 4 members (excludes halogenated alkanes) is 1. The lowest BCUT2D eigenvalue weighted by Gasteiger charge is -2.14. The Bertz CT molecular complexity index is 900. The van der Waals surface area contributed by atoms with Gasteiger partial charge in [0.15, 0.2) is 0 Å². The van der Waals surface area contributed by atoms with Crippen molar-refractivity contribution < 1.29 is 15.0 Å². The molecular formula is C20H23N3O3. The highest BCUT2D eigenvalue weighted by molar-refractivity contribution is 5.74. The maximum atomic E-state index is 11.2. The van der Waals surface area contributed by atoms with E-state index >= 15 is 0 Å². The molecule has 1 aromatic heterocycles. The third-order valence-corrected chi connectivity index (χ3v) is 4.49. The van der Waals surface area contributed by atoms with E-state index < -0.39 is 11.9 Å². The molecule has 0 amide bonds. The van der Waals surface area contributed by atoms with Crippen molar-refractivity contribution in [2.24, 2.45) is 5.92 Å². The van der Waals surface area contributed by atoms with Crippen LogP contribution in [0.3, 0.4) is 0 Å². The molecule has 0 aliphatic carbocycles. The maximum absolute atomic E-state index is 11.2. The Kier molecular flexibility index (Phi) is 5.21. The summed E-state index contributed by atoms with van der Waals surface area (Å²) >= 11 is 0. The number of hydrogen-bond donors (Lipinski definition) is 2. The number of carboxylic acid groups (broad SMARTS) is 1. The second-order valence-corrected chi connectivity index (χ2v) is 6.65. The SMILES string of the molecule is CCCCc1cc(CC(C)C(=O)O)cc(-n2nc3ccccc3n2)c1O. The Morgan fingerprint density at radius 3 is 2.42 bits per heavy atom. The van der Waals surface area contributed by atoms with Gasteiger partial charge in [0, 0.05) is 0 Å². The van der Waals surface area contributed by atoms with Crippen LogP contribution in [-0.4, -0.2) is 31.2 Å². The summed E-state index contributed by atoms with van der Waals surface area (Å²) in [6.07, 6.45) is 3.07. The third-order valence-electron chi connectivity index (χ3n) is 4.49. The van der Waals surface area contributed by atoms with Crippen LogP contribution in [0.2, 0.25) is 0 Å². The first-order chi connectivity index (χ1) is 12.5. The van der Waals surface area contributed by atoms with Crippen molar-refractivity contribution in [3.05, 3.63) is 47.5 Å². The highest BCUT2D eigenvalue weighted by Crippen LogP contribution is 2.30. The molecule has 26 heavy (non-hydrogen) atoms. The molecule has 3 rings (SSSR count). The molecule has 0 saturated heterocycles. The van der Waals surface area contributed by atoms with Gasteiger partial charge in [0.1, 0.15) is 22.5 Å². The highest BCUT2D eigenvalue weighted by atomic mass is 16.4. The van der Waals surface area contributed by atoms with Gasteiger partial charge < -0.3 is 10.2 Å². The number of phenols is 1. The molecular weight excluding hydrogens is 330 g/mol. The Morgan fingerprint density at radius 2 is 1.85 bits per heavy atom. The number of nitrogens with zero attached hydrogens (tertiary/aromatic N) is 3. The molecule has 1 unspecified atom stereocenters. The van der Waals surface area contributed by atoms with Crippen molar-refractivity contribution in [2.75, 3.05) is 0 Å². The van der Waals surface area contributed by atoms with Crippen molar-refractivity contribution in [1.82, 2.24) is 15.0 Å². The van der Waals surface area contributed by atoms with Gasteiger partial charge in [0.05, 0.1) is 5.92 Å². The van der Waals surface area contributed by atoms with Gasteiger partial charge in [-0.05, 0) is 48.6 Å². The zero-order valence-corrected chi connectivity index (χ0v) is 15.0. The first-order valence-corrected chi connectivity index (χ1v) is 8.89. The number of hydrogen-bond acceptors (Lipinski definition) is 4. The van der Waals surface area contributed by atoms with Crippen LogP contribution in [0.4, 0.5) is 0 Å². The molecule has 6 heteroatoms. The van der Waals surface area contributed by atoms with Crippen LogP contribution in [0.15, 0.2) is 36.4 Å². The minimum absolute atomic E-state index is 0.158. The molecule has 0 aliphatic rings. The predicted molar refractivity (Wildman–Crippen MR) is 99.6 cm³/mol. The molecule has 2 N–H and O–H groups in total. The van der Waals surface area contributed by atoms with Gasteiger partial charge in [0.2, 0.25) is 0 Å². The van der Waals surface area contributed by atoms with Crippen LogP contribution in [0, 0.1) is 5.92 Å². The maximum Gasteiger partial charge on any atom is 0.306 e. The van der Waals surface area contributed by atoms with Crippen molar-refractivity contribution in [3.63, 3.8) is 0 Å². The van der Waals surface area contributed by atoms with E-state index in [9.17, 15) is 15.0 Å². The van der Waals surface area contributed by atoms with Crippen molar-refractivity contribution in [3.8, 4) is 11.4 Å². The smallest absolute Gasteiger partial charge is 0.306 e. The van der Waals surface area contributed by atoms with Crippen LogP contribution >= 0.6 is 0 Å². The van der Waals surface area contributed by atoms with Gasteiger partial charge in [-0.25, -0.2) is 0 Å². The first kappa shape index (κ1) is 17.9. The molecule has 6 nitrogen and oxygen atoms in total. The van der Waals surface area contributed by atoms with Crippen LogP contribution < -0.4 is 0 Å². The second kappa shape index (κ2) is 7.56. The topological polar surface area (TPSA) is 88.2 Å². The lowest BCUT2D eigenvalue weighted by molar-refractivity contribution is -0.141. The molecule has 2 aromatic carbocycles. The minimum atomic E-state index is -0.835. The molecule has 0 saturated carbocycles. The van der Waals surface area contributed by atoms with Crippen molar-refractivity contribution in [1.29, 1.82) is 0 Å². The van der Waals surface area contributed by atoms with E-state index in [-0.39, 0.29) is 5.75 Å². The molecule has 0 bridgehead atoms. The van der Waals surface area contributed by atoms with E-state index in [2.05, 4.69) is 17.1 Å². The number of fused-ring (bicyclic) bond motifs is 1. The van der Waals surface area contributed by atoms with Gasteiger partial charge in [0.25, 0.3) is 0 Å². The van der Waals surface area contributed by atoms with Crippen LogP contribution in [-0.2, 0) is 17.6 Å². The molecule has 0 aliphatic heterocycles. The first-order valence-electron chi connectivity index (χ1n) is 8.89. The van der Waals surface area contributed by atoms with Crippen LogP contribution in [0.1, 0.15) is 37.8 Å². The monoisotopic (exact) mass is 353 g/mol. The molecule has 1 atom stereocenters. The molecule has 1 heterocycles. The quantitative estimate of drug-likeness (QED) is 0.676. The van der Waals surface area contributed by atoms with Crippen molar-refractivity contribution >= 4 is 17.0 Å². The third kappa shape index (κ3) is 3.69. The minimum Gasteiger partial charge on any atom is -0.505 e. The van der Waals surface area contributed by atoms with Gasteiger partial charge in [-0.2, -0.15) is 0 Å². The normalized spacial score (nSPS) is 12.4. The number of carboxylic acids is 1. The fourth-order valence-electron chi connectivity index (χ4n) is 2.98. The van der Waals surface area contributed by atoms with Gasteiger partial charge in [-0.15, -0.1) is 15.0 Å². The zero-order chi connectivity index (χ0) is 18.7. The molecule has 3 aromatic rings. The molecule has 136 valence electrons. The number of rotatable bonds is 7. The largest absolute Gasteiger partial charge is 0.505 e. The van der Waals surface area contributed by atoms with E-state index in [1.54, 1.807) is 13.0 Å². The Balaban J connectivity index is 2.07. The number of benzene rings is 2. The number of aromatic hydroxyl groups is 1. The number of aromatic nitrogens is 3. The molecule has 0 radical (unpaired) electrons. The Morgan fingerprint density at radius 1 is 1.19 bits per heavy atom. The Hall–Kier alpha value is -2.89. The van der Waals surface area contributed by atoms with E-state index in [4.69, 9.17) is 0 Å². The fourth-order valence-corrected chi connectivity index (χ4v) is 2.98. The number of phenolic OH excluding ortho intramolecular Hbond substituents is 1. The summed E-state index contributed by atoms with van der Waals surface area (Å²) in [6, 6.07) is 11.2. The second-order valence-electron chi connectivity index (χ2n) is 6.65. The van der Waals surface area contributed by atoms with E-state index in [0.717, 1.165) is 41.4 Å². The summed E-state index contributed by atoms with van der Waals surface area (Å²) in [6.45, 7) is 3.77. The van der Waals surface area contributed by atoms with Gasteiger partial charge >= 0.3 is 5.97 Å². The summed E-state index contributed by atoms with van der Waals surface area (Å²) in [5, 5.41) is 28.9. The summed E-state index contributed by atoms with van der Waals surface area (Å²) in [7, 11) is 0. The molecule has 0 fully saturated rings. The van der Waals surface area contributed by atoms with Crippen LogP contribution in [0.5, 0.6) is 5.75 Å². The van der Waals surface area contributed by atoms with Crippen molar-refractivity contribution in [2.45, 2.75) is 39.5 Å². The molecule has 0 spiro atoms. The zero-order valence-electron chi connectivity index (χ0n) is 15.0. The van der Waals surface area contributed by atoms with Gasteiger partial charge in [-0.3, -0.25) is 4.79 Å². The number of aryl methyl sites for hydroxylation is 1. The van der Waals surface area contributed by atoms with E-state index in [1.165, 1.54) is 4.80 Å². The standard InChI is InChI=1S/C20H23N3O3/c1-3-4-7-15-11-14(10-13(2)20(25)26)12-18(19(15)24)23-21-16-8-5-6-9-17(16)22-23/h5-6,8-9,11-13,24H,3-4,7,10H2,1-2H3,(H,25,26). The summed E-state index contributed by atoms with van der Waals surface area (Å²) in [5.74, 6) is -1.18. The average molecular weight is 353 g/mol. The van der Waals surface area contributed by atoms with Crippen LogP contribution in [0.25, 0.3) is 16.7 Å². The highest BCUT2D eigenvalue weighted by Gasteiger charge is 2.18. The summed E-state index contributed by atoms with van der Waals surface area (Å²) in [5.41, 5.74) is 3.64. The Labute approximate surface area is 152 Å². The summed E-state index contributed by atoms with van der Waals surface area (Å²) in [4.78, 5) is 12.7. The number of carbonyl (C=O) groups is 1. The lowest BCUT2D eigenvalue weighted by atomic mass is 9.96. The lowest BCUT2D eigenvalue weighted by Crippen LogP contribution is -2.13. The summed E-state index contributed by atoms with van der Waals surface area (Å²) < 4.78 is 0. The fraction of sp³-hybridized carbons (Fsp3) is 0.350. The average Bonchev–Trinajstić information content (AvgIpc) is 3.05. The van der Waals surface area contributed by atoms with Gasteiger partial charge in [-0.1, -0.05) is 38.5 Å². The van der Waals surface area contributed by atoms with E-state index in [1.807, 2.05) is 30.3 Å². The van der Waals surface area contributed by atoms with E-state index in [0.29, 0.717) is 12.1 Å². The number of aliphatic carboxylic acids is 1.